The van der Waals surface area contributed by atoms with E-state index in [4.69, 9.17) is 23.2 Å². The highest BCUT2D eigenvalue weighted by Gasteiger charge is 2.20. The van der Waals surface area contributed by atoms with Gasteiger partial charge in [0, 0.05) is 5.02 Å². The maximum absolute atomic E-state index is 13.6. The Morgan fingerprint density at radius 1 is 1.21 bits per heavy atom. The quantitative estimate of drug-likeness (QED) is 0.943. The summed E-state index contributed by atoms with van der Waals surface area (Å²) in [5, 5.41) is 0.107. The smallest absolute Gasteiger partial charge is 0.262 e. The molecule has 1 aromatic carbocycles. The minimum atomic E-state index is -4.12. The van der Waals surface area contributed by atoms with E-state index in [0.717, 1.165) is 18.3 Å². The summed E-state index contributed by atoms with van der Waals surface area (Å²) in [5.41, 5.74) is 0. The van der Waals surface area contributed by atoms with E-state index in [1.807, 2.05) is 0 Å². The highest BCUT2D eigenvalue weighted by molar-refractivity contribution is 7.92. The molecule has 0 aliphatic carbocycles. The number of hydrogen-bond donors (Lipinski definition) is 1. The van der Waals surface area contributed by atoms with Crippen LogP contribution >= 0.6 is 23.2 Å². The standard InChI is InChI=1S/C10H6Cl2FN3O2S/c11-6-1-2-8(7(13)3-6)19(17,18)16-10-5-14-4-9(12)15-10/h1-5H,(H,15,16). The lowest BCUT2D eigenvalue weighted by Crippen LogP contribution is -2.15. The van der Waals surface area contributed by atoms with Gasteiger partial charge in [-0.2, -0.15) is 0 Å². The molecule has 0 fully saturated rings. The first-order valence-electron chi connectivity index (χ1n) is 4.84. The number of anilines is 1. The molecular weight excluding hydrogens is 316 g/mol. The molecule has 0 atom stereocenters. The Bertz CT molecular complexity index is 724. The van der Waals surface area contributed by atoms with Crippen LogP contribution in [0.15, 0.2) is 35.5 Å². The molecule has 0 aliphatic rings. The average Bonchev–Trinajstić information content (AvgIpc) is 2.27. The van der Waals surface area contributed by atoms with Crippen molar-refractivity contribution in [3.05, 3.63) is 46.6 Å². The third-order valence-electron chi connectivity index (χ3n) is 2.03. The SMILES string of the molecule is O=S(=O)(Nc1cncc(Cl)n1)c1ccc(Cl)cc1F. The number of benzene rings is 1. The van der Waals surface area contributed by atoms with Crippen LogP contribution in [0.25, 0.3) is 0 Å². The van der Waals surface area contributed by atoms with Crippen molar-refractivity contribution in [2.45, 2.75) is 4.90 Å². The topological polar surface area (TPSA) is 72.0 Å². The average molecular weight is 322 g/mol. The first kappa shape index (κ1) is 14.0. The highest BCUT2D eigenvalue weighted by atomic mass is 35.5. The first-order valence-corrected chi connectivity index (χ1v) is 7.08. The van der Waals surface area contributed by atoms with Crippen LogP contribution in [0.4, 0.5) is 10.2 Å². The van der Waals surface area contributed by atoms with Crippen LogP contribution in [0.3, 0.4) is 0 Å². The van der Waals surface area contributed by atoms with Gasteiger partial charge in [-0.05, 0) is 18.2 Å². The van der Waals surface area contributed by atoms with Gasteiger partial charge >= 0.3 is 0 Å². The van der Waals surface area contributed by atoms with Crippen molar-refractivity contribution in [3.8, 4) is 0 Å². The van der Waals surface area contributed by atoms with Gasteiger partial charge in [-0.25, -0.2) is 17.8 Å². The van der Waals surface area contributed by atoms with Crippen molar-refractivity contribution in [1.29, 1.82) is 0 Å². The zero-order valence-corrected chi connectivity index (χ0v) is 11.5. The fourth-order valence-corrected chi connectivity index (χ4v) is 2.63. The summed E-state index contributed by atoms with van der Waals surface area (Å²) in [6.07, 6.45) is 2.39. The van der Waals surface area contributed by atoms with Gasteiger partial charge in [0.25, 0.3) is 10.0 Å². The molecule has 0 saturated heterocycles. The number of rotatable bonds is 3. The summed E-state index contributed by atoms with van der Waals surface area (Å²) in [6, 6.07) is 3.22. The van der Waals surface area contributed by atoms with Gasteiger partial charge in [0.2, 0.25) is 0 Å². The molecule has 0 bridgehead atoms. The van der Waals surface area contributed by atoms with Gasteiger partial charge in [0.05, 0.1) is 12.4 Å². The second kappa shape index (κ2) is 5.28. The fraction of sp³-hybridized carbons (Fsp3) is 0. The van der Waals surface area contributed by atoms with Crippen LogP contribution in [0.1, 0.15) is 0 Å². The molecule has 2 aromatic rings. The Morgan fingerprint density at radius 2 is 1.95 bits per heavy atom. The molecule has 5 nitrogen and oxygen atoms in total. The number of sulfonamides is 1. The van der Waals surface area contributed by atoms with Crippen LogP contribution in [0.5, 0.6) is 0 Å². The molecule has 0 unspecified atom stereocenters. The monoisotopic (exact) mass is 321 g/mol. The van der Waals surface area contributed by atoms with Gasteiger partial charge in [-0.15, -0.1) is 0 Å². The minimum Gasteiger partial charge on any atom is -0.262 e. The zero-order valence-electron chi connectivity index (χ0n) is 9.14. The summed E-state index contributed by atoms with van der Waals surface area (Å²) in [5.74, 6) is -1.07. The Hall–Kier alpha value is -1.44. The Kier molecular flexibility index (Phi) is 3.88. The fourth-order valence-electron chi connectivity index (χ4n) is 1.28. The van der Waals surface area contributed by atoms with Crippen LogP contribution < -0.4 is 4.72 Å². The zero-order chi connectivity index (χ0) is 14.0. The lowest BCUT2D eigenvalue weighted by Gasteiger charge is -2.08. The summed E-state index contributed by atoms with van der Waals surface area (Å²) in [7, 11) is -4.12. The van der Waals surface area contributed by atoms with Crippen molar-refractivity contribution >= 4 is 39.0 Å². The van der Waals surface area contributed by atoms with E-state index in [2.05, 4.69) is 14.7 Å². The van der Waals surface area contributed by atoms with Gasteiger partial charge in [0.15, 0.2) is 5.82 Å². The number of halogens is 3. The second-order valence-electron chi connectivity index (χ2n) is 3.41. The molecule has 1 aromatic heterocycles. The van der Waals surface area contributed by atoms with E-state index < -0.39 is 20.7 Å². The molecule has 19 heavy (non-hydrogen) atoms. The normalized spacial score (nSPS) is 11.3. The third kappa shape index (κ3) is 3.31. The molecule has 1 heterocycles. The van der Waals surface area contributed by atoms with Gasteiger partial charge in [0.1, 0.15) is 15.9 Å². The Morgan fingerprint density at radius 3 is 2.58 bits per heavy atom. The number of nitrogens with one attached hydrogen (secondary N) is 1. The van der Waals surface area contributed by atoms with E-state index in [1.54, 1.807) is 0 Å². The van der Waals surface area contributed by atoms with E-state index in [0.29, 0.717) is 0 Å². The van der Waals surface area contributed by atoms with Crippen LogP contribution in [0.2, 0.25) is 10.2 Å². The molecule has 9 heteroatoms. The van der Waals surface area contributed by atoms with Gasteiger partial charge in [-0.3, -0.25) is 9.71 Å². The summed E-state index contributed by atoms with van der Waals surface area (Å²) in [6.45, 7) is 0. The third-order valence-corrected chi connectivity index (χ3v) is 3.83. The lowest BCUT2D eigenvalue weighted by molar-refractivity contribution is 0.570. The van der Waals surface area contributed by atoms with E-state index in [9.17, 15) is 12.8 Å². The molecule has 0 radical (unpaired) electrons. The van der Waals surface area contributed by atoms with Crippen molar-refractivity contribution in [2.24, 2.45) is 0 Å². The van der Waals surface area contributed by atoms with Crippen molar-refractivity contribution in [1.82, 2.24) is 9.97 Å². The Balaban J connectivity index is 2.38. The summed E-state index contributed by atoms with van der Waals surface area (Å²) in [4.78, 5) is 6.81. The molecule has 1 N–H and O–H groups in total. The van der Waals surface area contributed by atoms with Crippen LogP contribution in [0, 0.1) is 5.82 Å². The number of nitrogens with zero attached hydrogens (tertiary/aromatic N) is 2. The summed E-state index contributed by atoms with van der Waals surface area (Å²) < 4.78 is 39.5. The summed E-state index contributed by atoms with van der Waals surface area (Å²) >= 11 is 11.1. The van der Waals surface area contributed by atoms with E-state index >= 15 is 0 Å². The maximum atomic E-state index is 13.6. The van der Waals surface area contributed by atoms with Gasteiger partial charge in [-0.1, -0.05) is 23.2 Å². The molecule has 100 valence electrons. The van der Waals surface area contributed by atoms with E-state index in [-0.39, 0.29) is 16.0 Å². The maximum Gasteiger partial charge on any atom is 0.266 e. The number of aromatic nitrogens is 2. The van der Waals surface area contributed by atoms with Crippen LogP contribution in [-0.2, 0) is 10.0 Å². The van der Waals surface area contributed by atoms with Crippen molar-refractivity contribution < 1.29 is 12.8 Å². The molecule has 0 aliphatic heterocycles. The molecule has 0 saturated carbocycles. The Labute approximate surface area is 118 Å². The number of hydrogen-bond acceptors (Lipinski definition) is 4. The van der Waals surface area contributed by atoms with Crippen LogP contribution in [-0.4, -0.2) is 18.4 Å². The molecular formula is C10H6Cl2FN3O2S. The molecule has 2 rings (SSSR count). The lowest BCUT2D eigenvalue weighted by atomic mass is 10.3. The van der Waals surface area contributed by atoms with Crippen molar-refractivity contribution in [2.75, 3.05) is 4.72 Å². The van der Waals surface area contributed by atoms with E-state index in [1.165, 1.54) is 12.3 Å². The second-order valence-corrected chi connectivity index (χ2v) is 5.88. The predicted molar refractivity (Wildman–Crippen MR) is 69.3 cm³/mol. The molecule has 0 spiro atoms. The largest absolute Gasteiger partial charge is 0.266 e. The highest BCUT2D eigenvalue weighted by Crippen LogP contribution is 2.21. The van der Waals surface area contributed by atoms with Crippen molar-refractivity contribution in [3.63, 3.8) is 0 Å². The first-order chi connectivity index (χ1) is 8.88. The van der Waals surface area contributed by atoms with Gasteiger partial charge < -0.3 is 0 Å². The minimum absolute atomic E-state index is 0.0109. The predicted octanol–water partition coefficient (Wildman–Crippen LogP) is 2.72. The molecule has 0 amide bonds.